The summed E-state index contributed by atoms with van der Waals surface area (Å²) in [6.07, 6.45) is -2.58. The lowest BCUT2D eigenvalue weighted by atomic mass is 10.2. The third kappa shape index (κ3) is 1.72. The Labute approximate surface area is 76.9 Å². The van der Waals surface area contributed by atoms with Crippen LogP contribution >= 0.6 is 15.9 Å². The van der Waals surface area contributed by atoms with Gasteiger partial charge in [-0.15, -0.1) is 0 Å². The largest absolute Gasteiger partial charge is 0.384 e. The second-order valence-electron chi connectivity index (χ2n) is 2.34. The maximum absolute atomic E-state index is 12.2. The lowest BCUT2D eigenvalue weighted by Gasteiger charge is -2.06. The van der Waals surface area contributed by atoms with E-state index in [2.05, 4.69) is 20.9 Å². The molecule has 5 heteroatoms. The average molecular weight is 237 g/mol. The third-order valence-electron chi connectivity index (χ3n) is 1.47. The number of nitrogen functional groups attached to an aromatic ring is 1. The van der Waals surface area contributed by atoms with E-state index in [0.29, 0.717) is 10.0 Å². The highest BCUT2D eigenvalue weighted by Gasteiger charge is 2.14. The number of nitrogens with zero attached hydrogens (tertiary/aromatic N) is 1. The predicted molar refractivity (Wildman–Crippen MR) is 46.0 cm³/mol. The van der Waals surface area contributed by atoms with Crippen LogP contribution in [-0.4, -0.2) is 4.98 Å². The number of alkyl halides is 2. The highest BCUT2D eigenvalue weighted by molar-refractivity contribution is 9.10. The topological polar surface area (TPSA) is 38.9 Å². The molecule has 1 rings (SSSR count). The fourth-order valence-corrected chi connectivity index (χ4v) is 1.27. The molecule has 0 aliphatic heterocycles. The standard InChI is InChI=1S/C7H7BrF2N2/c1-3-4(8)2-5(11)12-6(3)7(9)10/h2,7H,1H3,(H2,11,12). The van der Waals surface area contributed by atoms with Gasteiger partial charge in [0.1, 0.15) is 11.5 Å². The SMILES string of the molecule is Cc1c(Br)cc(N)nc1C(F)F. The van der Waals surface area contributed by atoms with Gasteiger partial charge in [0.2, 0.25) is 0 Å². The molecule has 0 unspecified atom stereocenters. The second-order valence-corrected chi connectivity index (χ2v) is 3.19. The number of hydrogen-bond donors (Lipinski definition) is 1. The van der Waals surface area contributed by atoms with Crippen molar-refractivity contribution in [1.82, 2.24) is 4.98 Å². The Morgan fingerprint density at radius 1 is 1.58 bits per heavy atom. The highest BCUT2D eigenvalue weighted by atomic mass is 79.9. The smallest absolute Gasteiger partial charge is 0.280 e. The zero-order valence-corrected chi connectivity index (χ0v) is 7.90. The van der Waals surface area contributed by atoms with Gasteiger partial charge < -0.3 is 5.73 Å². The van der Waals surface area contributed by atoms with Crippen molar-refractivity contribution in [1.29, 1.82) is 0 Å². The number of aromatic nitrogens is 1. The van der Waals surface area contributed by atoms with Crippen molar-refractivity contribution >= 4 is 21.7 Å². The number of anilines is 1. The summed E-state index contributed by atoms with van der Waals surface area (Å²) in [6, 6.07) is 1.50. The van der Waals surface area contributed by atoms with Gasteiger partial charge in [-0.3, -0.25) is 0 Å². The molecule has 2 nitrogen and oxygen atoms in total. The molecule has 1 aromatic rings. The first-order valence-electron chi connectivity index (χ1n) is 3.23. The minimum absolute atomic E-state index is 0.0998. The van der Waals surface area contributed by atoms with E-state index in [1.807, 2.05) is 0 Å². The zero-order valence-electron chi connectivity index (χ0n) is 6.31. The number of rotatable bonds is 1. The van der Waals surface area contributed by atoms with Gasteiger partial charge in [-0.25, -0.2) is 13.8 Å². The normalized spacial score (nSPS) is 10.8. The van der Waals surface area contributed by atoms with Gasteiger partial charge in [0.25, 0.3) is 6.43 Å². The maximum atomic E-state index is 12.2. The molecule has 0 fully saturated rings. The van der Waals surface area contributed by atoms with Crippen LogP contribution in [0.15, 0.2) is 10.5 Å². The minimum Gasteiger partial charge on any atom is -0.384 e. The summed E-state index contributed by atoms with van der Waals surface area (Å²) in [5, 5.41) is 0. The van der Waals surface area contributed by atoms with Gasteiger partial charge in [-0.1, -0.05) is 15.9 Å². The van der Waals surface area contributed by atoms with Gasteiger partial charge in [0.15, 0.2) is 0 Å². The molecule has 0 atom stereocenters. The van der Waals surface area contributed by atoms with Crippen LogP contribution in [0.3, 0.4) is 0 Å². The summed E-state index contributed by atoms with van der Waals surface area (Å²) in [5.74, 6) is 0.0998. The molecular formula is C7H7BrF2N2. The Morgan fingerprint density at radius 3 is 2.67 bits per heavy atom. The Bertz CT molecular complexity index is 302. The number of hydrogen-bond acceptors (Lipinski definition) is 2. The van der Waals surface area contributed by atoms with Gasteiger partial charge in [-0.05, 0) is 18.6 Å². The van der Waals surface area contributed by atoms with E-state index >= 15 is 0 Å². The Balaban J connectivity index is 3.28. The molecule has 0 spiro atoms. The fraction of sp³-hybridized carbons (Fsp3) is 0.286. The van der Waals surface area contributed by atoms with Crippen LogP contribution in [0.1, 0.15) is 17.7 Å². The van der Waals surface area contributed by atoms with Crippen LogP contribution in [0.5, 0.6) is 0 Å². The van der Waals surface area contributed by atoms with Gasteiger partial charge in [0.05, 0.1) is 0 Å². The first kappa shape index (κ1) is 9.38. The predicted octanol–water partition coefficient (Wildman–Crippen LogP) is 2.67. The van der Waals surface area contributed by atoms with Crippen LogP contribution < -0.4 is 5.73 Å². The molecule has 0 bridgehead atoms. The molecule has 0 amide bonds. The van der Waals surface area contributed by atoms with Gasteiger partial charge in [0, 0.05) is 4.47 Å². The maximum Gasteiger partial charge on any atom is 0.280 e. The van der Waals surface area contributed by atoms with Gasteiger partial charge >= 0.3 is 0 Å². The van der Waals surface area contributed by atoms with E-state index in [-0.39, 0.29) is 11.5 Å². The molecule has 12 heavy (non-hydrogen) atoms. The molecule has 0 aromatic carbocycles. The molecule has 0 aliphatic rings. The first-order valence-corrected chi connectivity index (χ1v) is 4.02. The molecule has 66 valence electrons. The van der Waals surface area contributed by atoms with E-state index < -0.39 is 6.43 Å². The lowest BCUT2D eigenvalue weighted by molar-refractivity contribution is 0.145. The van der Waals surface area contributed by atoms with E-state index in [1.165, 1.54) is 6.07 Å². The van der Waals surface area contributed by atoms with Crippen molar-refractivity contribution < 1.29 is 8.78 Å². The molecule has 0 saturated heterocycles. The number of pyridine rings is 1. The van der Waals surface area contributed by atoms with Crippen LogP contribution in [0.4, 0.5) is 14.6 Å². The number of halogens is 3. The van der Waals surface area contributed by atoms with E-state index in [0.717, 1.165) is 0 Å². The van der Waals surface area contributed by atoms with E-state index in [9.17, 15) is 8.78 Å². The molecule has 1 aromatic heterocycles. The average Bonchev–Trinajstić information content (AvgIpc) is 1.96. The third-order valence-corrected chi connectivity index (χ3v) is 2.30. The molecule has 0 radical (unpaired) electrons. The molecule has 1 heterocycles. The molecule has 2 N–H and O–H groups in total. The van der Waals surface area contributed by atoms with Crippen molar-refractivity contribution in [3.05, 3.63) is 21.8 Å². The van der Waals surface area contributed by atoms with Crippen molar-refractivity contribution in [2.24, 2.45) is 0 Å². The van der Waals surface area contributed by atoms with Crippen LogP contribution in [0.2, 0.25) is 0 Å². The minimum atomic E-state index is -2.58. The molecular weight excluding hydrogens is 230 g/mol. The Kier molecular flexibility index (Phi) is 2.62. The van der Waals surface area contributed by atoms with Crippen LogP contribution in [-0.2, 0) is 0 Å². The summed E-state index contributed by atoms with van der Waals surface area (Å²) in [4.78, 5) is 3.53. The van der Waals surface area contributed by atoms with Gasteiger partial charge in [-0.2, -0.15) is 0 Å². The first-order chi connectivity index (χ1) is 5.52. The second kappa shape index (κ2) is 3.35. The summed E-state index contributed by atoms with van der Waals surface area (Å²) in [7, 11) is 0. The van der Waals surface area contributed by atoms with Crippen molar-refractivity contribution in [2.75, 3.05) is 5.73 Å². The Morgan fingerprint density at radius 2 is 2.17 bits per heavy atom. The summed E-state index contributed by atoms with van der Waals surface area (Å²) < 4.78 is 25.1. The van der Waals surface area contributed by atoms with Crippen molar-refractivity contribution in [2.45, 2.75) is 13.3 Å². The lowest BCUT2D eigenvalue weighted by Crippen LogP contribution is -1.99. The summed E-state index contributed by atoms with van der Waals surface area (Å²) in [5.41, 5.74) is 5.46. The van der Waals surface area contributed by atoms with Crippen molar-refractivity contribution in [3.8, 4) is 0 Å². The van der Waals surface area contributed by atoms with E-state index in [4.69, 9.17) is 5.73 Å². The van der Waals surface area contributed by atoms with E-state index in [1.54, 1.807) is 6.92 Å². The fourth-order valence-electron chi connectivity index (χ4n) is 0.828. The molecule has 0 aliphatic carbocycles. The summed E-state index contributed by atoms with van der Waals surface area (Å²) >= 11 is 3.11. The highest BCUT2D eigenvalue weighted by Crippen LogP contribution is 2.27. The number of nitrogens with two attached hydrogens (primary N) is 1. The van der Waals surface area contributed by atoms with Crippen molar-refractivity contribution in [3.63, 3.8) is 0 Å². The van der Waals surface area contributed by atoms with Crippen LogP contribution in [0, 0.1) is 6.92 Å². The monoisotopic (exact) mass is 236 g/mol. The molecule has 0 saturated carbocycles. The van der Waals surface area contributed by atoms with Crippen LogP contribution in [0.25, 0.3) is 0 Å². The Hall–Kier alpha value is -0.710. The summed E-state index contributed by atoms with van der Waals surface area (Å²) in [6.45, 7) is 1.57. The quantitative estimate of drug-likeness (QED) is 0.815. The zero-order chi connectivity index (χ0) is 9.30.